The lowest BCUT2D eigenvalue weighted by atomic mass is 9.89. The van der Waals surface area contributed by atoms with Crippen molar-refractivity contribution in [3.05, 3.63) is 351 Å². The first kappa shape index (κ1) is 83.9. The number of oxime groups is 6. The van der Waals surface area contributed by atoms with Gasteiger partial charge in [-0.05, 0) is 104 Å². The zero-order valence-electron chi connectivity index (χ0n) is 60.2. The molecule has 2 aromatic heterocycles. The summed E-state index contributed by atoms with van der Waals surface area (Å²) in [4.78, 5) is 64.5. The van der Waals surface area contributed by atoms with E-state index in [9.17, 15) is 44.4 Å². The van der Waals surface area contributed by atoms with Crippen LogP contribution < -0.4 is 0 Å². The second-order valence-corrected chi connectivity index (χ2v) is 29.9. The quantitative estimate of drug-likeness (QED) is 0.0326. The molecule has 2 heterocycles. The molecule has 0 atom stereocenters. The normalized spacial score (nSPS) is 12.8. The number of hydrogen-bond acceptors (Lipinski definition) is 25. The predicted molar refractivity (Wildman–Crippen MR) is 427 cm³/mol. The number of hydrogen-bond donors (Lipinski definition) is 0. The fraction of sp³-hybridized carbons (Fsp3) is 0.120. The minimum absolute atomic E-state index is 0.0194. The summed E-state index contributed by atoms with van der Waals surface area (Å²) in [6.45, 7) is 6.72. The van der Waals surface area contributed by atoms with Gasteiger partial charge in [-0.1, -0.05) is 298 Å². The van der Waals surface area contributed by atoms with Gasteiger partial charge >= 0.3 is 48.3 Å². The van der Waals surface area contributed by atoms with Crippen LogP contribution in [0, 0.1) is 24.2 Å². The van der Waals surface area contributed by atoms with Gasteiger partial charge in [0.05, 0.1) is 17.3 Å². The van der Waals surface area contributed by atoms with E-state index >= 15 is 0 Å². The van der Waals surface area contributed by atoms with Gasteiger partial charge < -0.3 is 14.5 Å². The second kappa shape index (κ2) is 43.3. The maximum atomic E-state index is 12.4. The van der Waals surface area contributed by atoms with Crippen molar-refractivity contribution in [1.29, 1.82) is 5.26 Å². The number of benzene rings is 9. The van der Waals surface area contributed by atoms with E-state index < -0.39 is 42.3 Å². The molecule has 566 valence electrons. The number of rotatable bonds is 23. The van der Waals surface area contributed by atoms with Gasteiger partial charge in [0.1, 0.15) is 41.9 Å². The van der Waals surface area contributed by atoms with Gasteiger partial charge in [0.25, 0.3) is 0 Å². The minimum Gasteiger partial charge on any atom is -0.318 e. The summed E-state index contributed by atoms with van der Waals surface area (Å²) in [5.74, 6) is -1.69. The highest BCUT2D eigenvalue weighted by Crippen LogP contribution is 2.26. The van der Waals surface area contributed by atoms with Crippen LogP contribution in [0.5, 0.6) is 0 Å². The summed E-state index contributed by atoms with van der Waals surface area (Å²) in [6.07, 6.45) is 5.37. The number of nitriles is 1. The highest BCUT2D eigenvalue weighted by molar-refractivity contribution is 7.87. The zero-order valence-corrected chi connectivity index (χ0v) is 64.3. The van der Waals surface area contributed by atoms with Crippen molar-refractivity contribution in [3.63, 3.8) is 0 Å². The van der Waals surface area contributed by atoms with E-state index in [1.54, 1.807) is 181 Å². The molecule has 0 unspecified atom stereocenters. The van der Waals surface area contributed by atoms with Gasteiger partial charge in [0.2, 0.25) is 0 Å². The van der Waals surface area contributed by atoms with Crippen molar-refractivity contribution in [2.24, 2.45) is 36.9 Å². The highest BCUT2D eigenvalue weighted by atomic mass is 32.2. The maximum Gasteiger partial charge on any atom is 0.375 e. The smallest absolute Gasteiger partial charge is 0.318 e. The van der Waals surface area contributed by atoms with E-state index in [-0.39, 0.29) is 55.2 Å². The molecular formula is C83H73N7O16S5. The molecule has 1 fully saturated rings. The molecule has 0 bridgehead atoms. The molecule has 111 heavy (non-hydrogen) atoms. The van der Waals surface area contributed by atoms with Crippen LogP contribution in [-0.2, 0) is 67.3 Å². The van der Waals surface area contributed by atoms with Crippen LogP contribution in [0.4, 0.5) is 0 Å². The summed E-state index contributed by atoms with van der Waals surface area (Å²) in [7, 11) is -11.9. The first-order valence-electron chi connectivity index (χ1n) is 34.0. The first-order valence-corrected chi connectivity index (χ1v) is 39.9. The zero-order chi connectivity index (χ0) is 79.3. The molecule has 1 aliphatic carbocycles. The Kier molecular flexibility index (Phi) is 32.7. The Balaban J connectivity index is 0.000000177. The fourth-order valence-electron chi connectivity index (χ4n) is 9.64. The average molecular weight is 1580 g/mol. The Morgan fingerprint density at radius 3 is 1.06 bits per heavy atom. The van der Waals surface area contributed by atoms with Gasteiger partial charge in [-0.15, -0.1) is 22.7 Å². The van der Waals surface area contributed by atoms with Crippen molar-refractivity contribution < 1.29 is 71.8 Å². The molecule has 23 nitrogen and oxygen atoms in total. The van der Waals surface area contributed by atoms with Crippen molar-refractivity contribution in [1.82, 2.24) is 0 Å². The van der Waals surface area contributed by atoms with Crippen LogP contribution >= 0.6 is 22.7 Å². The topological polar surface area (TPSA) is 324 Å². The van der Waals surface area contributed by atoms with Gasteiger partial charge in [0, 0.05) is 29.2 Å². The molecule has 9 aromatic carbocycles. The first-order chi connectivity index (χ1) is 53.6. The number of aryl methyl sites for hydroxylation is 1. The lowest BCUT2D eigenvalue weighted by Crippen LogP contribution is -2.20. The fourth-order valence-corrected chi connectivity index (χ4v) is 13.1. The van der Waals surface area contributed by atoms with Crippen molar-refractivity contribution in [2.45, 2.75) is 74.5 Å². The Morgan fingerprint density at radius 1 is 0.360 bits per heavy atom. The lowest BCUT2D eigenvalue weighted by Gasteiger charge is -2.18. The molecular weight excluding hydrogens is 1510 g/mol. The van der Waals surface area contributed by atoms with Crippen LogP contribution in [0.2, 0.25) is 0 Å². The van der Waals surface area contributed by atoms with E-state index in [2.05, 4.69) is 39.5 Å². The molecule has 0 N–H and O–H groups in total. The van der Waals surface area contributed by atoms with E-state index in [0.717, 1.165) is 48.1 Å². The molecule has 0 radical (unpaired) electrons. The van der Waals surface area contributed by atoms with E-state index in [1.807, 2.05) is 111 Å². The van der Waals surface area contributed by atoms with Gasteiger partial charge in [-0.25, -0.2) is 14.4 Å². The summed E-state index contributed by atoms with van der Waals surface area (Å²) in [5.41, 5.74) is 6.62. The summed E-state index contributed by atoms with van der Waals surface area (Å²) in [5, 5.41) is 35.4. The molecule has 0 spiro atoms. The Bertz CT molecular complexity index is 5310. The predicted octanol–water partition coefficient (Wildman–Crippen LogP) is 17.0. The molecule has 28 heteroatoms. The monoisotopic (exact) mass is 1580 g/mol. The third-order valence-corrected chi connectivity index (χ3v) is 20.5. The van der Waals surface area contributed by atoms with Crippen LogP contribution in [-0.4, -0.2) is 83.2 Å². The lowest BCUT2D eigenvalue weighted by molar-refractivity contribution is -0.149. The van der Waals surface area contributed by atoms with Crippen molar-refractivity contribution in [2.75, 3.05) is 0 Å². The standard InChI is InChI=1S/C24H16N2O4S2.C15H13NO4S.C15H15NO3S.C15H19NO2.C14H10N2O3S/c27-23(19-13-7-15-31-19)29-25-21(17-9-3-1-4-10-17)22(18-11-5-2-6-12-18)26-30-24(28)20-14-8-16-32-20;1-12(17)15(13-8-4-2-5-9-13)16-20-21(18,19)14-10-6-3-7-11-14;1-12-8-10-15(11-9-12)20(17,18)19-16-13(2)14-6-4-3-5-7-14;1-12(13-8-4-2-5-9-13)16-18-15(17)14-10-6-3-7-11-14;15-11-14(12-7-3-1-4-8-12)16-19-20(17,18)13-9-5-2-6-10-13/h1-16H;2-11H,1H3;3-11H,1-2H3;2,4-5,8-9,14H,3,6-7,10-11H2,1H3;1-10H/b25-21-,26-22-;16-15+;16-13+;16-12+;16-14+. The van der Waals surface area contributed by atoms with Crippen LogP contribution in [0.1, 0.15) is 111 Å². The average Bonchev–Trinajstić information content (AvgIpc) is 1.65. The van der Waals surface area contributed by atoms with Gasteiger partial charge in [0.15, 0.2) is 17.2 Å². The second-order valence-electron chi connectivity index (χ2n) is 23.5. The summed E-state index contributed by atoms with van der Waals surface area (Å²) >= 11 is 2.51. The molecule has 0 amide bonds. The molecule has 12 rings (SSSR count). The van der Waals surface area contributed by atoms with Crippen LogP contribution in [0.25, 0.3) is 0 Å². The number of nitrogens with zero attached hydrogens (tertiary/aromatic N) is 7. The summed E-state index contributed by atoms with van der Waals surface area (Å²) in [6, 6.07) is 84.5. The van der Waals surface area contributed by atoms with Gasteiger partial charge in [-0.3, -0.25) is 17.6 Å². The summed E-state index contributed by atoms with van der Waals surface area (Å²) < 4.78 is 85.4. The molecule has 11 aromatic rings. The van der Waals surface area contributed by atoms with E-state index in [4.69, 9.17) is 24.1 Å². The maximum absolute atomic E-state index is 12.4. The van der Waals surface area contributed by atoms with E-state index in [0.29, 0.717) is 37.7 Å². The van der Waals surface area contributed by atoms with E-state index in [1.165, 1.54) is 72.4 Å². The molecule has 0 aliphatic heterocycles. The number of thiophene rings is 2. The van der Waals surface area contributed by atoms with Crippen LogP contribution in [0.3, 0.4) is 0 Å². The highest BCUT2D eigenvalue weighted by Gasteiger charge is 2.25. The Hall–Kier alpha value is -12.8. The third kappa shape index (κ3) is 27.1. The number of Topliss-reactive ketones (excluding diaryl/α,β-unsaturated/α-hetero) is 1. The van der Waals surface area contributed by atoms with Crippen molar-refractivity contribution in [3.8, 4) is 6.07 Å². The molecule has 1 saturated carbocycles. The minimum atomic E-state index is -4.04. The number of carbonyl (C=O) groups is 4. The van der Waals surface area contributed by atoms with Crippen molar-refractivity contribution >= 4 is 111 Å². The SMILES string of the molecule is C/C(=N\OC(=O)C1CCCCC1)c1ccccc1.C/C(=N\OS(=O)(=O)c1ccc(C)cc1)c1ccccc1.CC(=O)/C(=N\OS(=O)(=O)c1ccccc1)c1ccccc1.N#C/C(=N\OS(=O)(=O)c1ccccc1)c1ccccc1.O=C(O/N=C(\C(=N/OC(=O)c1cccs1)c1ccccc1)c1ccccc1)c1cccs1. The van der Waals surface area contributed by atoms with Gasteiger partial charge in [-0.2, -0.15) is 30.5 Å². The molecule has 0 saturated heterocycles. The largest absolute Gasteiger partial charge is 0.375 e. The number of ketones is 1. The van der Waals surface area contributed by atoms with Crippen LogP contribution in [0.15, 0.2) is 348 Å². The third-order valence-electron chi connectivity index (χ3n) is 15.4. The Labute approximate surface area is 651 Å². The number of carbonyl (C=O) groups excluding carboxylic acids is 4. The Morgan fingerprint density at radius 2 is 0.694 bits per heavy atom. The molecule has 1 aliphatic rings.